The highest BCUT2D eigenvalue weighted by Gasteiger charge is 2.34. The molecule has 0 aliphatic heterocycles. The van der Waals surface area contributed by atoms with Crippen LogP contribution >= 0.6 is 69.6 Å². The van der Waals surface area contributed by atoms with Crippen LogP contribution in [0.1, 0.15) is 22.8 Å². The standard InChI is InChI=1S/C13H9Cl6N3O2/c14-12(15,16)10-20-9(21-11(22-10)13(17,18)19)6-1-2-7(4-23)8(3-6)5-24/h1-3,23-24H,4-5H2. The third-order valence-corrected chi connectivity index (χ3v) is 3.96. The number of hydrogen-bond donors (Lipinski definition) is 2. The van der Waals surface area contributed by atoms with Gasteiger partial charge in [-0.15, -0.1) is 0 Å². The topological polar surface area (TPSA) is 79.1 Å². The van der Waals surface area contributed by atoms with E-state index in [-0.39, 0.29) is 30.7 Å². The van der Waals surface area contributed by atoms with Crippen LogP contribution in [0.2, 0.25) is 0 Å². The highest BCUT2D eigenvalue weighted by atomic mass is 35.6. The molecule has 1 aromatic heterocycles. The van der Waals surface area contributed by atoms with Crippen LogP contribution in [0.15, 0.2) is 18.2 Å². The lowest BCUT2D eigenvalue weighted by Gasteiger charge is -2.16. The van der Waals surface area contributed by atoms with Gasteiger partial charge in [-0.05, 0) is 17.2 Å². The zero-order chi connectivity index (χ0) is 18.1. The number of hydrogen-bond acceptors (Lipinski definition) is 5. The van der Waals surface area contributed by atoms with Crippen LogP contribution in [0.5, 0.6) is 0 Å². The lowest BCUT2D eigenvalue weighted by atomic mass is 10.0. The molecule has 2 N–H and O–H groups in total. The highest BCUT2D eigenvalue weighted by molar-refractivity contribution is 6.67. The molecular weight excluding hydrogens is 443 g/mol. The summed E-state index contributed by atoms with van der Waals surface area (Å²) in [6, 6.07) is 4.80. The Morgan fingerprint density at radius 2 is 1.25 bits per heavy atom. The van der Waals surface area contributed by atoms with Crippen LogP contribution in [0.3, 0.4) is 0 Å². The van der Waals surface area contributed by atoms with Crippen LogP contribution in [-0.2, 0) is 20.8 Å². The largest absolute Gasteiger partial charge is 0.392 e. The molecule has 0 unspecified atom stereocenters. The van der Waals surface area contributed by atoms with Gasteiger partial charge < -0.3 is 10.2 Å². The first kappa shape index (κ1) is 20.2. The Morgan fingerprint density at radius 1 is 0.750 bits per heavy atom. The van der Waals surface area contributed by atoms with Crippen LogP contribution in [0.4, 0.5) is 0 Å². The first-order valence-electron chi connectivity index (χ1n) is 6.30. The number of aliphatic hydroxyl groups excluding tert-OH is 2. The van der Waals surface area contributed by atoms with Crippen LogP contribution in [0, 0.1) is 0 Å². The summed E-state index contributed by atoms with van der Waals surface area (Å²) in [5, 5.41) is 18.7. The number of aliphatic hydroxyl groups is 2. The molecular formula is C13H9Cl6N3O2. The van der Waals surface area contributed by atoms with Crippen molar-refractivity contribution >= 4 is 69.6 Å². The van der Waals surface area contributed by atoms with E-state index in [0.29, 0.717) is 16.7 Å². The van der Waals surface area contributed by atoms with Gasteiger partial charge >= 0.3 is 0 Å². The van der Waals surface area contributed by atoms with Crippen molar-refractivity contribution in [2.75, 3.05) is 0 Å². The van der Waals surface area contributed by atoms with Crippen molar-refractivity contribution < 1.29 is 10.2 Å². The van der Waals surface area contributed by atoms with E-state index in [0.717, 1.165) is 0 Å². The molecule has 130 valence electrons. The van der Waals surface area contributed by atoms with Crippen molar-refractivity contribution in [3.8, 4) is 11.4 Å². The Morgan fingerprint density at radius 3 is 1.67 bits per heavy atom. The Bertz CT molecular complexity index is 713. The highest BCUT2D eigenvalue weighted by Crippen LogP contribution is 2.40. The minimum absolute atomic E-state index is 0.0897. The van der Waals surface area contributed by atoms with Gasteiger partial charge in [0.25, 0.3) is 0 Å². The third-order valence-electron chi connectivity index (χ3n) is 2.95. The first-order valence-corrected chi connectivity index (χ1v) is 8.57. The maximum atomic E-state index is 9.40. The molecule has 0 saturated carbocycles. The van der Waals surface area contributed by atoms with E-state index in [2.05, 4.69) is 15.0 Å². The van der Waals surface area contributed by atoms with Gasteiger partial charge in [0.1, 0.15) is 0 Å². The van der Waals surface area contributed by atoms with E-state index in [4.69, 9.17) is 69.6 Å². The minimum atomic E-state index is -1.95. The molecule has 0 spiro atoms. The Kier molecular flexibility index (Phi) is 6.43. The second kappa shape index (κ2) is 7.64. The average molecular weight is 452 g/mol. The summed E-state index contributed by atoms with van der Waals surface area (Å²) in [5.74, 6) is -0.335. The molecule has 0 saturated heterocycles. The van der Waals surface area contributed by atoms with Crippen molar-refractivity contribution in [2.45, 2.75) is 20.8 Å². The first-order chi connectivity index (χ1) is 11.1. The lowest BCUT2D eigenvalue weighted by Crippen LogP contribution is -2.16. The van der Waals surface area contributed by atoms with Crippen molar-refractivity contribution in [1.82, 2.24) is 15.0 Å². The number of rotatable bonds is 3. The number of halogens is 6. The number of alkyl halides is 6. The van der Waals surface area contributed by atoms with Crippen LogP contribution < -0.4 is 0 Å². The van der Waals surface area contributed by atoms with Gasteiger partial charge in [0, 0.05) is 5.56 Å². The summed E-state index contributed by atoms with van der Waals surface area (Å²) in [6.07, 6.45) is 0. The fourth-order valence-corrected chi connectivity index (χ4v) is 2.33. The molecule has 11 heteroatoms. The van der Waals surface area contributed by atoms with Gasteiger partial charge in [-0.3, -0.25) is 0 Å². The zero-order valence-electron chi connectivity index (χ0n) is 11.7. The van der Waals surface area contributed by atoms with E-state index in [9.17, 15) is 10.2 Å². The summed E-state index contributed by atoms with van der Waals surface area (Å²) in [5.41, 5.74) is 1.50. The summed E-state index contributed by atoms with van der Waals surface area (Å²) in [4.78, 5) is 12.0. The number of nitrogens with zero attached hydrogens (tertiary/aromatic N) is 3. The number of aromatic nitrogens is 3. The fraction of sp³-hybridized carbons (Fsp3) is 0.308. The molecule has 0 fully saturated rings. The third kappa shape index (κ3) is 4.74. The predicted molar refractivity (Wildman–Crippen MR) is 95.6 cm³/mol. The van der Waals surface area contributed by atoms with Crippen LogP contribution in [-0.4, -0.2) is 25.2 Å². The van der Waals surface area contributed by atoms with E-state index in [1.54, 1.807) is 18.2 Å². The zero-order valence-corrected chi connectivity index (χ0v) is 16.2. The molecule has 5 nitrogen and oxygen atoms in total. The van der Waals surface area contributed by atoms with Gasteiger partial charge in [-0.1, -0.05) is 81.7 Å². The van der Waals surface area contributed by atoms with Crippen molar-refractivity contribution in [1.29, 1.82) is 0 Å². The smallest absolute Gasteiger partial charge is 0.250 e. The molecule has 0 bridgehead atoms. The summed E-state index contributed by atoms with van der Waals surface area (Å²) in [6.45, 7) is -0.518. The second-order valence-electron chi connectivity index (χ2n) is 4.60. The van der Waals surface area contributed by atoms with Gasteiger partial charge in [0.2, 0.25) is 7.59 Å². The molecule has 0 aliphatic carbocycles. The molecule has 1 heterocycles. The van der Waals surface area contributed by atoms with E-state index < -0.39 is 7.59 Å². The maximum absolute atomic E-state index is 9.40. The van der Waals surface area contributed by atoms with E-state index in [1.165, 1.54) is 0 Å². The molecule has 2 rings (SSSR count). The predicted octanol–water partition coefficient (Wildman–Crippen LogP) is 4.18. The molecule has 0 atom stereocenters. The minimum Gasteiger partial charge on any atom is -0.392 e. The normalized spacial score (nSPS) is 12.5. The summed E-state index contributed by atoms with van der Waals surface area (Å²) >= 11 is 34.9. The molecule has 0 aliphatic rings. The van der Waals surface area contributed by atoms with Gasteiger partial charge in [-0.25, -0.2) is 15.0 Å². The Labute approximate surface area is 167 Å². The van der Waals surface area contributed by atoms with Crippen molar-refractivity contribution in [2.24, 2.45) is 0 Å². The summed E-state index contributed by atoms with van der Waals surface area (Å²) in [7, 11) is 0. The average Bonchev–Trinajstić information content (AvgIpc) is 2.52. The van der Waals surface area contributed by atoms with Gasteiger partial charge in [0.15, 0.2) is 17.5 Å². The molecule has 0 radical (unpaired) electrons. The van der Waals surface area contributed by atoms with Gasteiger partial charge in [0.05, 0.1) is 13.2 Å². The fourth-order valence-electron chi connectivity index (χ4n) is 1.83. The van der Waals surface area contributed by atoms with Crippen molar-refractivity contribution in [3.63, 3.8) is 0 Å². The maximum Gasteiger partial charge on any atom is 0.250 e. The lowest BCUT2D eigenvalue weighted by molar-refractivity contribution is 0.260. The van der Waals surface area contributed by atoms with Crippen LogP contribution in [0.25, 0.3) is 11.4 Å². The SMILES string of the molecule is OCc1ccc(-c2nc(C(Cl)(Cl)Cl)nc(C(Cl)(Cl)Cl)n2)cc1CO. The molecule has 24 heavy (non-hydrogen) atoms. The molecule has 2 aromatic rings. The Balaban J connectivity index is 2.65. The van der Waals surface area contributed by atoms with E-state index in [1.807, 2.05) is 0 Å². The number of benzene rings is 1. The quantitative estimate of drug-likeness (QED) is 0.684. The van der Waals surface area contributed by atoms with Gasteiger partial charge in [-0.2, -0.15) is 0 Å². The van der Waals surface area contributed by atoms with Crippen molar-refractivity contribution in [3.05, 3.63) is 41.0 Å². The Hall–Kier alpha value is -0.110. The summed E-state index contributed by atoms with van der Waals surface area (Å²) < 4.78 is -3.90. The molecule has 0 amide bonds. The molecule has 1 aromatic carbocycles. The monoisotopic (exact) mass is 449 g/mol. The second-order valence-corrected chi connectivity index (χ2v) is 9.16. The van der Waals surface area contributed by atoms with E-state index >= 15 is 0 Å².